The molecule has 0 aliphatic carbocycles. The Morgan fingerprint density at radius 1 is 1.86 bits per heavy atom. The van der Waals surface area contributed by atoms with E-state index in [1.807, 2.05) is 11.4 Å². The third-order valence-corrected chi connectivity index (χ3v) is 1.15. The summed E-state index contributed by atoms with van der Waals surface area (Å²) in [7, 11) is 0. The Hall–Kier alpha value is -0.810. The molecule has 1 nitrogen and oxygen atoms in total. The van der Waals surface area contributed by atoms with E-state index in [2.05, 4.69) is 10.3 Å². The van der Waals surface area contributed by atoms with Gasteiger partial charge in [-0.3, -0.25) is 0 Å². The van der Waals surface area contributed by atoms with Crippen LogP contribution in [0.25, 0.3) is 0 Å². The molecule has 1 aromatic rings. The predicted octanol–water partition coefficient (Wildman–Crippen LogP) is 1.12. The highest BCUT2D eigenvalue weighted by atomic mass is 32.1. The minimum absolute atomic E-state index is 0.727. The zero-order valence-corrected chi connectivity index (χ0v) is 4.40. The molecule has 1 aromatic heterocycles. The second-order valence-electron chi connectivity index (χ2n) is 1.03. The lowest BCUT2D eigenvalue weighted by atomic mass is 10.5. The number of terminal acetylenes is 1. The first-order valence-electron chi connectivity index (χ1n) is 1.80. The molecule has 0 N–H and O–H groups in total. The Kier molecular flexibility index (Phi) is 1.10. The SMILES string of the molecule is C#Cc1ccsn1. The maximum absolute atomic E-state index is 4.99. The lowest BCUT2D eigenvalue weighted by Gasteiger charge is -1.65. The summed E-state index contributed by atoms with van der Waals surface area (Å²) in [5.74, 6) is 2.41. The second kappa shape index (κ2) is 1.76. The quantitative estimate of drug-likeness (QED) is 0.455. The van der Waals surface area contributed by atoms with Crippen molar-refractivity contribution < 1.29 is 0 Å². The molecule has 0 atom stereocenters. The molecule has 0 saturated carbocycles. The van der Waals surface area contributed by atoms with Crippen molar-refractivity contribution in [3.8, 4) is 12.3 Å². The molecule has 7 heavy (non-hydrogen) atoms. The molecule has 0 aliphatic rings. The van der Waals surface area contributed by atoms with Crippen molar-refractivity contribution in [2.75, 3.05) is 0 Å². The van der Waals surface area contributed by atoms with Crippen LogP contribution in [0.1, 0.15) is 5.69 Å². The van der Waals surface area contributed by atoms with E-state index in [9.17, 15) is 0 Å². The van der Waals surface area contributed by atoms with Crippen LogP contribution >= 0.6 is 11.5 Å². The summed E-state index contributed by atoms with van der Waals surface area (Å²) in [4.78, 5) is 0. The Morgan fingerprint density at radius 2 is 2.71 bits per heavy atom. The van der Waals surface area contributed by atoms with E-state index >= 15 is 0 Å². The fraction of sp³-hybridized carbons (Fsp3) is 0. The maximum atomic E-state index is 4.99. The highest BCUT2D eigenvalue weighted by Crippen LogP contribution is 1.94. The van der Waals surface area contributed by atoms with Crippen molar-refractivity contribution in [3.05, 3.63) is 17.1 Å². The van der Waals surface area contributed by atoms with Crippen molar-refractivity contribution in [2.45, 2.75) is 0 Å². The van der Waals surface area contributed by atoms with Crippen molar-refractivity contribution >= 4 is 11.5 Å². The molecule has 0 unspecified atom stereocenters. The molecule has 0 aliphatic heterocycles. The zero-order chi connectivity index (χ0) is 5.11. The predicted molar refractivity (Wildman–Crippen MR) is 30.0 cm³/mol. The standard InChI is InChI=1S/C5H3NS/c1-2-5-3-4-7-6-5/h1,3-4H. The average Bonchev–Trinajstić information content (AvgIpc) is 2.14. The van der Waals surface area contributed by atoms with Gasteiger partial charge in [0.05, 0.1) is 0 Å². The summed E-state index contributed by atoms with van der Waals surface area (Å²) >= 11 is 1.37. The number of rotatable bonds is 0. The Morgan fingerprint density at radius 3 is 3.00 bits per heavy atom. The molecular weight excluding hydrogens is 106 g/mol. The molecule has 34 valence electrons. The van der Waals surface area contributed by atoms with Crippen LogP contribution in [-0.2, 0) is 0 Å². The van der Waals surface area contributed by atoms with Crippen LogP contribution < -0.4 is 0 Å². The Bertz CT molecular complexity index is 170. The van der Waals surface area contributed by atoms with Crippen molar-refractivity contribution in [2.24, 2.45) is 0 Å². The summed E-state index contributed by atoms with van der Waals surface area (Å²) in [6, 6.07) is 1.81. The van der Waals surface area contributed by atoms with Crippen LogP contribution in [-0.4, -0.2) is 4.37 Å². The van der Waals surface area contributed by atoms with Crippen molar-refractivity contribution in [1.29, 1.82) is 0 Å². The molecule has 0 bridgehead atoms. The molecule has 0 fully saturated rings. The monoisotopic (exact) mass is 109 g/mol. The van der Waals surface area contributed by atoms with Crippen LogP contribution in [0.2, 0.25) is 0 Å². The molecular formula is C5H3NS. The van der Waals surface area contributed by atoms with E-state index in [4.69, 9.17) is 6.42 Å². The largest absolute Gasteiger partial charge is 0.184 e. The summed E-state index contributed by atoms with van der Waals surface area (Å²) in [6.45, 7) is 0. The third-order valence-electron chi connectivity index (χ3n) is 0.586. The lowest BCUT2D eigenvalue weighted by Crippen LogP contribution is -1.62. The minimum atomic E-state index is 0.727. The van der Waals surface area contributed by atoms with E-state index < -0.39 is 0 Å². The third kappa shape index (κ3) is 0.787. The van der Waals surface area contributed by atoms with Crippen molar-refractivity contribution in [3.63, 3.8) is 0 Å². The molecule has 0 amide bonds. The Balaban J connectivity index is 3.04. The van der Waals surface area contributed by atoms with Crippen LogP contribution in [0, 0.1) is 12.3 Å². The van der Waals surface area contributed by atoms with Crippen LogP contribution in [0.5, 0.6) is 0 Å². The first kappa shape index (κ1) is 4.35. The molecule has 1 heterocycles. The molecule has 2 heteroatoms. The summed E-state index contributed by atoms with van der Waals surface area (Å²) in [6.07, 6.45) is 4.99. The topological polar surface area (TPSA) is 12.9 Å². The van der Waals surface area contributed by atoms with Crippen LogP contribution in [0.15, 0.2) is 11.4 Å². The Labute approximate surface area is 46.2 Å². The summed E-state index contributed by atoms with van der Waals surface area (Å²) in [5.41, 5.74) is 0.727. The minimum Gasteiger partial charge on any atom is -0.184 e. The fourth-order valence-electron chi connectivity index (χ4n) is 0.287. The van der Waals surface area contributed by atoms with E-state index in [1.165, 1.54) is 11.5 Å². The molecule has 0 aromatic carbocycles. The van der Waals surface area contributed by atoms with E-state index in [-0.39, 0.29) is 0 Å². The van der Waals surface area contributed by atoms with Gasteiger partial charge in [-0.2, -0.15) is 4.37 Å². The number of nitrogens with zero attached hydrogens (tertiary/aromatic N) is 1. The van der Waals surface area contributed by atoms with Gasteiger partial charge in [0, 0.05) is 5.38 Å². The first-order valence-corrected chi connectivity index (χ1v) is 2.64. The molecule has 0 saturated heterocycles. The van der Waals surface area contributed by atoms with Gasteiger partial charge in [0.1, 0.15) is 5.69 Å². The lowest BCUT2D eigenvalue weighted by molar-refractivity contribution is 1.51. The summed E-state index contributed by atoms with van der Waals surface area (Å²) in [5, 5.41) is 1.86. The van der Waals surface area contributed by atoms with Gasteiger partial charge in [0.2, 0.25) is 0 Å². The van der Waals surface area contributed by atoms with Gasteiger partial charge in [-0.1, -0.05) is 0 Å². The van der Waals surface area contributed by atoms with Crippen molar-refractivity contribution in [1.82, 2.24) is 4.37 Å². The molecule has 0 spiro atoms. The van der Waals surface area contributed by atoms with E-state index in [0.29, 0.717) is 0 Å². The normalized spacial score (nSPS) is 7.86. The molecule has 0 radical (unpaired) electrons. The van der Waals surface area contributed by atoms with Gasteiger partial charge >= 0.3 is 0 Å². The van der Waals surface area contributed by atoms with Gasteiger partial charge in [-0.15, -0.1) is 6.42 Å². The summed E-state index contributed by atoms with van der Waals surface area (Å²) < 4.78 is 3.84. The zero-order valence-electron chi connectivity index (χ0n) is 3.59. The molecule has 1 rings (SSSR count). The second-order valence-corrected chi connectivity index (χ2v) is 1.69. The van der Waals surface area contributed by atoms with Gasteiger partial charge in [-0.05, 0) is 23.5 Å². The van der Waals surface area contributed by atoms with Gasteiger partial charge in [0.15, 0.2) is 0 Å². The first-order chi connectivity index (χ1) is 3.43. The van der Waals surface area contributed by atoms with Crippen LogP contribution in [0.4, 0.5) is 0 Å². The smallest absolute Gasteiger partial charge is 0.126 e. The van der Waals surface area contributed by atoms with Crippen LogP contribution in [0.3, 0.4) is 0 Å². The average molecular weight is 109 g/mol. The van der Waals surface area contributed by atoms with Gasteiger partial charge in [-0.25, -0.2) is 0 Å². The van der Waals surface area contributed by atoms with Gasteiger partial charge in [0.25, 0.3) is 0 Å². The highest BCUT2D eigenvalue weighted by molar-refractivity contribution is 7.03. The van der Waals surface area contributed by atoms with E-state index in [1.54, 1.807) is 0 Å². The maximum Gasteiger partial charge on any atom is 0.126 e. The highest BCUT2D eigenvalue weighted by Gasteiger charge is 1.81. The number of hydrogen-bond acceptors (Lipinski definition) is 2. The number of aromatic nitrogens is 1. The van der Waals surface area contributed by atoms with E-state index in [0.717, 1.165) is 5.69 Å². The van der Waals surface area contributed by atoms with Gasteiger partial charge < -0.3 is 0 Å². The number of hydrogen-bond donors (Lipinski definition) is 0. The fourth-order valence-corrected chi connectivity index (χ4v) is 0.765.